The van der Waals surface area contributed by atoms with Crippen LogP contribution in [-0.4, -0.2) is 41.2 Å². The SMILES string of the molecule is CCC(C)(C)CC(C)OC(C)(C)C(C)(C)CCOC(C)(C)C(C)(C)CC(C)OC(C)(C)SSC. The van der Waals surface area contributed by atoms with E-state index < -0.39 is 0 Å². The minimum absolute atomic E-state index is 0.00664. The van der Waals surface area contributed by atoms with Gasteiger partial charge >= 0.3 is 0 Å². The van der Waals surface area contributed by atoms with Crippen LogP contribution in [0.25, 0.3) is 0 Å². The largest absolute Gasteiger partial charge is 0.375 e. The molecule has 0 N–H and O–H groups in total. The van der Waals surface area contributed by atoms with E-state index in [0.29, 0.717) is 12.0 Å². The quantitative estimate of drug-likeness (QED) is 0.140. The summed E-state index contributed by atoms with van der Waals surface area (Å²) in [5.74, 6) is 0. The molecule has 206 valence electrons. The van der Waals surface area contributed by atoms with Crippen molar-refractivity contribution in [3.05, 3.63) is 0 Å². The van der Waals surface area contributed by atoms with Crippen molar-refractivity contribution < 1.29 is 14.2 Å². The molecule has 2 unspecified atom stereocenters. The molecular weight excluding hydrogens is 460 g/mol. The lowest BCUT2D eigenvalue weighted by atomic mass is 9.72. The van der Waals surface area contributed by atoms with Gasteiger partial charge in [0.1, 0.15) is 4.93 Å². The fourth-order valence-electron chi connectivity index (χ4n) is 4.40. The molecule has 0 fully saturated rings. The smallest absolute Gasteiger partial charge is 0.118 e. The Kier molecular flexibility index (Phi) is 13.1. The fraction of sp³-hybridized carbons (Fsp3) is 1.00. The first-order chi connectivity index (χ1) is 15.0. The topological polar surface area (TPSA) is 27.7 Å². The molecule has 34 heavy (non-hydrogen) atoms. The Morgan fingerprint density at radius 1 is 0.676 bits per heavy atom. The summed E-state index contributed by atoms with van der Waals surface area (Å²) in [7, 11) is 3.53. The standard InChI is InChI=1S/C29H60O3S2/c1-17-24(4,5)20-22(2)31-28(12,13)25(6,7)18-19-30-27(10,11)26(8,9)21-23(3)32-29(14,15)34-33-16/h22-23H,17-21H2,1-16H3. The van der Waals surface area contributed by atoms with Gasteiger partial charge in [0.15, 0.2) is 0 Å². The van der Waals surface area contributed by atoms with E-state index in [1.807, 2.05) is 0 Å². The second-order valence-corrected chi connectivity index (χ2v) is 16.8. The Labute approximate surface area is 222 Å². The molecule has 5 heteroatoms. The normalized spacial score (nSPS) is 16.6. The van der Waals surface area contributed by atoms with Gasteiger partial charge in [-0.1, -0.05) is 76.5 Å². The second-order valence-electron chi connectivity index (χ2n) is 13.8. The summed E-state index contributed by atoms with van der Waals surface area (Å²) in [5.41, 5.74) is -0.220. The predicted octanol–water partition coefficient (Wildman–Crippen LogP) is 9.78. The van der Waals surface area contributed by atoms with Gasteiger partial charge in [0.05, 0.1) is 23.4 Å². The zero-order valence-corrected chi connectivity index (χ0v) is 27.4. The van der Waals surface area contributed by atoms with E-state index in [-0.39, 0.29) is 39.2 Å². The zero-order chi connectivity index (χ0) is 27.2. The molecule has 0 rings (SSSR count). The van der Waals surface area contributed by atoms with Crippen molar-refractivity contribution in [2.24, 2.45) is 16.2 Å². The van der Waals surface area contributed by atoms with Crippen molar-refractivity contribution in [1.82, 2.24) is 0 Å². The first-order valence-corrected chi connectivity index (χ1v) is 15.8. The van der Waals surface area contributed by atoms with E-state index in [2.05, 4.69) is 110 Å². The van der Waals surface area contributed by atoms with E-state index in [1.54, 1.807) is 21.6 Å². The van der Waals surface area contributed by atoms with Crippen LogP contribution in [0.5, 0.6) is 0 Å². The first kappa shape index (κ1) is 34.6. The molecule has 0 saturated carbocycles. The minimum atomic E-state index is -0.263. The van der Waals surface area contributed by atoms with Crippen LogP contribution in [0.2, 0.25) is 0 Å². The molecule has 0 aliphatic rings. The highest BCUT2D eigenvalue weighted by Crippen LogP contribution is 2.43. The Hall–Kier alpha value is 0.580. The van der Waals surface area contributed by atoms with E-state index in [1.165, 1.54) is 6.42 Å². The van der Waals surface area contributed by atoms with Crippen molar-refractivity contribution in [3.63, 3.8) is 0 Å². The molecule has 0 heterocycles. The van der Waals surface area contributed by atoms with Crippen molar-refractivity contribution in [2.45, 2.75) is 158 Å². The Morgan fingerprint density at radius 3 is 1.65 bits per heavy atom. The van der Waals surface area contributed by atoms with Crippen molar-refractivity contribution in [1.29, 1.82) is 0 Å². The molecule has 0 aromatic rings. The van der Waals surface area contributed by atoms with Gasteiger partial charge in [-0.25, -0.2) is 0 Å². The summed E-state index contributed by atoms with van der Waals surface area (Å²) in [6.07, 6.45) is 6.63. The summed E-state index contributed by atoms with van der Waals surface area (Å²) in [5, 5.41) is 0. The first-order valence-electron chi connectivity index (χ1n) is 13.2. The van der Waals surface area contributed by atoms with Gasteiger partial charge in [-0.2, -0.15) is 0 Å². The lowest BCUT2D eigenvalue weighted by molar-refractivity contribution is -0.161. The predicted molar refractivity (Wildman–Crippen MR) is 156 cm³/mol. The molecule has 0 radical (unpaired) electrons. The van der Waals surface area contributed by atoms with Gasteiger partial charge in [-0.3, -0.25) is 0 Å². The van der Waals surface area contributed by atoms with Gasteiger partial charge < -0.3 is 14.2 Å². The number of ether oxygens (including phenoxy) is 3. The molecular formula is C29H60O3S2. The van der Waals surface area contributed by atoms with E-state index in [0.717, 1.165) is 19.3 Å². The maximum absolute atomic E-state index is 6.63. The lowest BCUT2D eigenvalue weighted by Crippen LogP contribution is -2.47. The molecule has 0 aliphatic carbocycles. The van der Waals surface area contributed by atoms with Crippen LogP contribution in [0.4, 0.5) is 0 Å². The van der Waals surface area contributed by atoms with Crippen molar-refractivity contribution in [3.8, 4) is 0 Å². The third kappa shape index (κ3) is 11.3. The summed E-state index contributed by atoms with van der Waals surface area (Å²) in [6.45, 7) is 34.5. The molecule has 0 aromatic heterocycles. The number of hydrogen-bond donors (Lipinski definition) is 0. The fourth-order valence-corrected chi connectivity index (χ4v) is 6.32. The lowest BCUT2D eigenvalue weighted by Gasteiger charge is -2.46. The second kappa shape index (κ2) is 12.9. The summed E-state index contributed by atoms with van der Waals surface area (Å²) < 4.78 is 19.6. The molecule has 0 bridgehead atoms. The average Bonchev–Trinajstić information content (AvgIpc) is 2.58. The van der Waals surface area contributed by atoms with Gasteiger partial charge in [0.2, 0.25) is 0 Å². The monoisotopic (exact) mass is 520 g/mol. The Bertz CT molecular complexity index is 594. The molecule has 3 nitrogen and oxygen atoms in total. The van der Waals surface area contributed by atoms with Crippen molar-refractivity contribution >= 4 is 21.6 Å². The number of rotatable bonds is 17. The molecule has 0 spiro atoms. The molecule has 2 atom stereocenters. The third-order valence-electron chi connectivity index (χ3n) is 8.31. The van der Waals surface area contributed by atoms with Crippen LogP contribution in [0, 0.1) is 16.2 Å². The highest BCUT2D eigenvalue weighted by Gasteiger charge is 2.43. The Balaban J connectivity index is 5.01. The molecule has 0 saturated heterocycles. The highest BCUT2D eigenvalue weighted by molar-refractivity contribution is 8.76. The van der Waals surface area contributed by atoms with Crippen LogP contribution in [0.15, 0.2) is 0 Å². The molecule has 0 amide bonds. The van der Waals surface area contributed by atoms with Gasteiger partial charge in [-0.05, 0) is 97.2 Å². The van der Waals surface area contributed by atoms with Crippen LogP contribution < -0.4 is 0 Å². The van der Waals surface area contributed by atoms with Crippen LogP contribution in [-0.2, 0) is 14.2 Å². The Morgan fingerprint density at radius 2 is 1.18 bits per heavy atom. The maximum Gasteiger partial charge on any atom is 0.118 e. The third-order valence-corrected chi connectivity index (χ3v) is 10.7. The van der Waals surface area contributed by atoms with Gasteiger partial charge in [0.25, 0.3) is 0 Å². The highest BCUT2D eigenvalue weighted by atomic mass is 33.1. The summed E-state index contributed by atoms with van der Waals surface area (Å²) in [4.78, 5) is -0.195. The van der Waals surface area contributed by atoms with Crippen LogP contribution in [0.1, 0.15) is 130 Å². The van der Waals surface area contributed by atoms with Gasteiger partial charge in [-0.15, -0.1) is 0 Å². The number of hydrogen-bond acceptors (Lipinski definition) is 5. The average molecular weight is 521 g/mol. The van der Waals surface area contributed by atoms with E-state index >= 15 is 0 Å². The zero-order valence-electron chi connectivity index (χ0n) is 25.7. The minimum Gasteiger partial charge on any atom is -0.375 e. The summed E-state index contributed by atoms with van der Waals surface area (Å²) in [6, 6.07) is 0. The van der Waals surface area contributed by atoms with Crippen LogP contribution in [0.3, 0.4) is 0 Å². The molecule has 0 aliphatic heterocycles. The van der Waals surface area contributed by atoms with Crippen molar-refractivity contribution in [2.75, 3.05) is 12.9 Å². The molecule has 0 aromatic carbocycles. The van der Waals surface area contributed by atoms with Gasteiger partial charge in [0, 0.05) is 6.61 Å². The van der Waals surface area contributed by atoms with E-state index in [4.69, 9.17) is 14.2 Å². The van der Waals surface area contributed by atoms with E-state index in [9.17, 15) is 0 Å². The maximum atomic E-state index is 6.63. The van der Waals surface area contributed by atoms with Crippen LogP contribution >= 0.6 is 21.6 Å². The summed E-state index contributed by atoms with van der Waals surface area (Å²) >= 11 is 0.